The van der Waals surface area contributed by atoms with Crippen LogP contribution in [-0.4, -0.2) is 43.0 Å². The zero-order valence-electron chi connectivity index (χ0n) is 13.0. The second kappa shape index (κ2) is 8.14. The lowest BCUT2D eigenvalue weighted by molar-refractivity contribution is 0.0951. The first-order valence-electron chi connectivity index (χ1n) is 7.32. The van der Waals surface area contributed by atoms with Crippen molar-refractivity contribution in [3.63, 3.8) is 0 Å². The third kappa shape index (κ3) is 5.18. The molecule has 0 fully saturated rings. The maximum atomic E-state index is 12.2. The van der Waals surface area contributed by atoms with Crippen LogP contribution in [0, 0.1) is 0 Å². The Kier molecular flexibility index (Phi) is 5.91. The van der Waals surface area contributed by atoms with Gasteiger partial charge in [0.1, 0.15) is 5.82 Å². The summed E-state index contributed by atoms with van der Waals surface area (Å²) < 4.78 is 0. The molecule has 1 heterocycles. The standard InChI is InChI=1S/C17H22N4O/c1-21(2)11-10-19-16-12-15(8-9-18-16)17(22)20-13-14-6-4-3-5-7-14/h3-9,12H,10-11,13H2,1-2H3,(H,18,19)(H,20,22). The van der Waals surface area contributed by atoms with E-state index in [1.807, 2.05) is 44.4 Å². The smallest absolute Gasteiger partial charge is 0.251 e. The molecule has 5 heteroatoms. The molecule has 116 valence electrons. The summed E-state index contributed by atoms with van der Waals surface area (Å²) in [6.45, 7) is 2.21. The van der Waals surface area contributed by atoms with E-state index in [0.29, 0.717) is 17.9 Å². The molecule has 5 nitrogen and oxygen atoms in total. The first-order valence-corrected chi connectivity index (χ1v) is 7.32. The topological polar surface area (TPSA) is 57.3 Å². The second-order valence-corrected chi connectivity index (χ2v) is 5.33. The van der Waals surface area contributed by atoms with Crippen LogP contribution in [0.1, 0.15) is 15.9 Å². The Bertz CT molecular complexity index is 599. The van der Waals surface area contributed by atoms with Gasteiger partial charge in [-0.15, -0.1) is 0 Å². The van der Waals surface area contributed by atoms with E-state index in [-0.39, 0.29) is 5.91 Å². The number of hydrogen-bond donors (Lipinski definition) is 2. The number of rotatable bonds is 7. The van der Waals surface area contributed by atoms with Crippen molar-refractivity contribution in [3.05, 3.63) is 59.8 Å². The third-order valence-corrected chi connectivity index (χ3v) is 3.18. The minimum absolute atomic E-state index is 0.0955. The van der Waals surface area contributed by atoms with Crippen LogP contribution in [-0.2, 0) is 6.54 Å². The van der Waals surface area contributed by atoms with Gasteiger partial charge < -0.3 is 15.5 Å². The van der Waals surface area contributed by atoms with E-state index in [4.69, 9.17) is 0 Å². The number of pyridine rings is 1. The summed E-state index contributed by atoms with van der Waals surface area (Å²) in [5.74, 6) is 0.621. The van der Waals surface area contributed by atoms with Crippen LogP contribution in [0.4, 0.5) is 5.82 Å². The fourth-order valence-electron chi connectivity index (χ4n) is 1.96. The number of anilines is 1. The molecule has 0 spiro atoms. The van der Waals surface area contributed by atoms with Crippen molar-refractivity contribution in [1.29, 1.82) is 0 Å². The van der Waals surface area contributed by atoms with Gasteiger partial charge >= 0.3 is 0 Å². The molecule has 2 N–H and O–H groups in total. The highest BCUT2D eigenvalue weighted by atomic mass is 16.1. The number of aromatic nitrogens is 1. The molecular formula is C17H22N4O. The van der Waals surface area contributed by atoms with E-state index >= 15 is 0 Å². The predicted octanol–water partition coefficient (Wildman–Crippen LogP) is 1.99. The zero-order valence-corrected chi connectivity index (χ0v) is 13.0. The molecule has 1 aromatic heterocycles. The van der Waals surface area contributed by atoms with Crippen molar-refractivity contribution in [2.45, 2.75) is 6.54 Å². The quantitative estimate of drug-likeness (QED) is 0.821. The lowest BCUT2D eigenvalue weighted by Crippen LogP contribution is -2.23. The summed E-state index contributed by atoms with van der Waals surface area (Å²) in [7, 11) is 4.03. The van der Waals surface area contributed by atoms with Gasteiger partial charge in [0.25, 0.3) is 5.91 Å². The van der Waals surface area contributed by atoms with E-state index in [1.165, 1.54) is 0 Å². The van der Waals surface area contributed by atoms with Crippen LogP contribution in [0.15, 0.2) is 48.7 Å². The zero-order chi connectivity index (χ0) is 15.8. The van der Waals surface area contributed by atoms with Crippen molar-refractivity contribution in [1.82, 2.24) is 15.2 Å². The number of carbonyl (C=O) groups is 1. The van der Waals surface area contributed by atoms with Crippen molar-refractivity contribution in [2.24, 2.45) is 0 Å². The fraction of sp³-hybridized carbons (Fsp3) is 0.294. The Morgan fingerprint density at radius 2 is 1.95 bits per heavy atom. The van der Waals surface area contributed by atoms with Gasteiger partial charge in [0, 0.05) is 31.4 Å². The van der Waals surface area contributed by atoms with Gasteiger partial charge in [0.15, 0.2) is 0 Å². The first kappa shape index (κ1) is 16.0. The fourth-order valence-corrected chi connectivity index (χ4v) is 1.96. The average Bonchev–Trinajstić information content (AvgIpc) is 2.53. The van der Waals surface area contributed by atoms with Crippen molar-refractivity contribution >= 4 is 11.7 Å². The van der Waals surface area contributed by atoms with Gasteiger partial charge in [0.2, 0.25) is 0 Å². The summed E-state index contributed by atoms with van der Waals surface area (Å²) in [5.41, 5.74) is 1.69. The predicted molar refractivity (Wildman–Crippen MR) is 88.9 cm³/mol. The maximum Gasteiger partial charge on any atom is 0.251 e. The summed E-state index contributed by atoms with van der Waals surface area (Å²) in [4.78, 5) is 18.5. The maximum absolute atomic E-state index is 12.2. The van der Waals surface area contributed by atoms with Gasteiger partial charge in [-0.25, -0.2) is 4.98 Å². The Labute approximate surface area is 131 Å². The van der Waals surface area contributed by atoms with Gasteiger partial charge in [0.05, 0.1) is 0 Å². The van der Waals surface area contributed by atoms with E-state index in [1.54, 1.807) is 18.3 Å². The van der Waals surface area contributed by atoms with Crippen LogP contribution < -0.4 is 10.6 Å². The van der Waals surface area contributed by atoms with Gasteiger partial charge in [-0.05, 0) is 31.8 Å². The van der Waals surface area contributed by atoms with E-state index in [0.717, 1.165) is 18.7 Å². The van der Waals surface area contributed by atoms with Gasteiger partial charge in [-0.3, -0.25) is 4.79 Å². The van der Waals surface area contributed by atoms with E-state index in [2.05, 4.69) is 20.5 Å². The van der Waals surface area contributed by atoms with Crippen LogP contribution in [0.2, 0.25) is 0 Å². The minimum Gasteiger partial charge on any atom is -0.369 e. The third-order valence-electron chi connectivity index (χ3n) is 3.18. The SMILES string of the molecule is CN(C)CCNc1cc(C(=O)NCc2ccccc2)ccn1. The minimum atomic E-state index is -0.0955. The lowest BCUT2D eigenvalue weighted by Gasteiger charge is -2.11. The molecule has 0 bridgehead atoms. The monoisotopic (exact) mass is 298 g/mol. The van der Waals surface area contributed by atoms with Crippen molar-refractivity contribution < 1.29 is 4.79 Å². The summed E-state index contributed by atoms with van der Waals surface area (Å²) in [5, 5.41) is 6.13. The molecular weight excluding hydrogens is 276 g/mol. The number of nitrogens with zero attached hydrogens (tertiary/aromatic N) is 2. The van der Waals surface area contributed by atoms with Crippen LogP contribution >= 0.6 is 0 Å². The number of nitrogens with one attached hydrogen (secondary N) is 2. The molecule has 1 aromatic carbocycles. The van der Waals surface area contributed by atoms with Gasteiger partial charge in [-0.1, -0.05) is 30.3 Å². The van der Waals surface area contributed by atoms with Crippen molar-refractivity contribution in [3.8, 4) is 0 Å². The molecule has 22 heavy (non-hydrogen) atoms. The summed E-state index contributed by atoms with van der Waals surface area (Å²) in [6, 6.07) is 13.3. The van der Waals surface area contributed by atoms with Crippen LogP contribution in [0.25, 0.3) is 0 Å². The molecule has 2 rings (SSSR count). The Morgan fingerprint density at radius 3 is 2.68 bits per heavy atom. The second-order valence-electron chi connectivity index (χ2n) is 5.33. The Hall–Kier alpha value is -2.40. The number of carbonyl (C=O) groups excluding carboxylic acids is 1. The Morgan fingerprint density at radius 1 is 1.18 bits per heavy atom. The van der Waals surface area contributed by atoms with Crippen molar-refractivity contribution in [2.75, 3.05) is 32.5 Å². The largest absolute Gasteiger partial charge is 0.369 e. The highest BCUT2D eigenvalue weighted by Gasteiger charge is 2.06. The molecule has 0 radical (unpaired) electrons. The number of hydrogen-bond acceptors (Lipinski definition) is 4. The molecule has 0 aliphatic carbocycles. The molecule has 0 aliphatic heterocycles. The molecule has 1 amide bonds. The molecule has 0 saturated heterocycles. The summed E-state index contributed by atoms with van der Waals surface area (Å²) in [6.07, 6.45) is 1.65. The van der Waals surface area contributed by atoms with Crippen LogP contribution in [0.5, 0.6) is 0 Å². The number of amides is 1. The molecule has 0 saturated carbocycles. The first-order chi connectivity index (χ1) is 10.6. The normalized spacial score (nSPS) is 10.5. The number of likely N-dealkylation sites (N-methyl/N-ethyl adjacent to an activating group) is 1. The van der Waals surface area contributed by atoms with E-state index in [9.17, 15) is 4.79 Å². The summed E-state index contributed by atoms with van der Waals surface area (Å²) >= 11 is 0. The van der Waals surface area contributed by atoms with Gasteiger partial charge in [-0.2, -0.15) is 0 Å². The van der Waals surface area contributed by atoms with E-state index < -0.39 is 0 Å². The highest BCUT2D eigenvalue weighted by Crippen LogP contribution is 2.07. The molecule has 2 aromatic rings. The Balaban J connectivity index is 1.89. The number of benzene rings is 1. The average molecular weight is 298 g/mol. The van der Waals surface area contributed by atoms with Crippen LogP contribution in [0.3, 0.4) is 0 Å². The molecule has 0 atom stereocenters. The highest BCUT2D eigenvalue weighted by molar-refractivity contribution is 5.94. The molecule has 0 aliphatic rings. The molecule has 0 unspecified atom stereocenters. The lowest BCUT2D eigenvalue weighted by atomic mass is 10.2.